The van der Waals surface area contributed by atoms with E-state index in [-0.39, 0.29) is 23.7 Å². The number of carbonyl (C=O) groups excluding carboxylic acids is 1. The van der Waals surface area contributed by atoms with E-state index in [1.54, 1.807) is 13.0 Å². The van der Waals surface area contributed by atoms with Crippen LogP contribution in [0.1, 0.15) is 17.2 Å². The molecule has 4 nitrogen and oxygen atoms in total. The van der Waals surface area contributed by atoms with Gasteiger partial charge in [0.05, 0.1) is 0 Å². The van der Waals surface area contributed by atoms with Crippen LogP contribution in [0.3, 0.4) is 0 Å². The zero-order valence-corrected chi connectivity index (χ0v) is 10.3. The van der Waals surface area contributed by atoms with Crippen molar-refractivity contribution in [3.8, 4) is 5.75 Å². The highest BCUT2D eigenvalue weighted by atomic mass is 35.5. The van der Waals surface area contributed by atoms with Crippen molar-refractivity contribution in [3.63, 3.8) is 0 Å². The summed E-state index contributed by atoms with van der Waals surface area (Å²) in [6.45, 7) is 0.721. The van der Waals surface area contributed by atoms with Crippen molar-refractivity contribution in [2.24, 2.45) is 0 Å². The molecule has 7 heteroatoms. The molecule has 0 spiro atoms. The quantitative estimate of drug-likeness (QED) is 0.830. The molecule has 0 saturated carbocycles. The van der Waals surface area contributed by atoms with Crippen LogP contribution in [0.15, 0.2) is 18.2 Å². The zero-order chi connectivity index (χ0) is 12.6. The van der Waals surface area contributed by atoms with Crippen LogP contribution in [0.2, 0.25) is 0 Å². The summed E-state index contributed by atoms with van der Waals surface area (Å²) in [4.78, 5) is 11.0. The van der Waals surface area contributed by atoms with Gasteiger partial charge in [-0.2, -0.15) is 0 Å². The van der Waals surface area contributed by atoms with E-state index in [4.69, 9.17) is 0 Å². The second-order valence-corrected chi connectivity index (χ2v) is 3.98. The minimum absolute atomic E-state index is 0. The molecular formula is C11H12ClF2NO3. The largest absolute Gasteiger partial charge is 0.508 e. The van der Waals surface area contributed by atoms with Crippen LogP contribution >= 0.6 is 12.4 Å². The van der Waals surface area contributed by atoms with Crippen LogP contribution < -0.4 is 5.32 Å². The van der Waals surface area contributed by atoms with E-state index in [1.165, 1.54) is 12.1 Å². The van der Waals surface area contributed by atoms with E-state index in [1.807, 2.05) is 5.32 Å². The molecule has 1 heterocycles. The maximum Gasteiger partial charge on any atom is 0.408 e. The lowest BCUT2D eigenvalue weighted by molar-refractivity contribution is -0.104. The van der Waals surface area contributed by atoms with E-state index in [9.17, 15) is 18.7 Å². The van der Waals surface area contributed by atoms with Gasteiger partial charge >= 0.3 is 12.0 Å². The SMILES string of the molecule is Cc1ccc(O)c([C@H]2NC(=O)OCC2(F)F)c1.Cl. The molecule has 0 unspecified atom stereocenters. The number of phenols is 1. The maximum atomic E-state index is 13.6. The molecule has 0 aromatic heterocycles. The number of carbonyl (C=O) groups is 1. The standard InChI is InChI=1S/C11H11F2NO3.ClH/c1-6-2-3-8(15)7(4-6)9-11(12,13)5-17-10(16)14-9;/h2-4,9,15H,5H2,1H3,(H,14,16);1H/t9-;/m1./s1. The third-order valence-electron chi connectivity index (χ3n) is 2.57. The Morgan fingerprint density at radius 3 is 2.83 bits per heavy atom. The second kappa shape index (κ2) is 4.97. The highest BCUT2D eigenvalue weighted by Gasteiger charge is 2.47. The van der Waals surface area contributed by atoms with Gasteiger partial charge in [-0.3, -0.25) is 0 Å². The minimum atomic E-state index is -3.25. The fourth-order valence-corrected chi connectivity index (χ4v) is 1.72. The van der Waals surface area contributed by atoms with E-state index >= 15 is 0 Å². The van der Waals surface area contributed by atoms with Crippen molar-refractivity contribution < 1.29 is 23.4 Å². The first kappa shape index (κ1) is 14.5. The molecule has 1 amide bonds. The van der Waals surface area contributed by atoms with Gasteiger partial charge in [-0.15, -0.1) is 12.4 Å². The summed E-state index contributed by atoms with van der Waals surface area (Å²) in [5.41, 5.74) is 0.709. The van der Waals surface area contributed by atoms with Crippen molar-refractivity contribution in [2.75, 3.05) is 6.61 Å². The first-order chi connectivity index (χ1) is 7.90. The lowest BCUT2D eigenvalue weighted by atomic mass is 9.97. The molecule has 18 heavy (non-hydrogen) atoms. The molecule has 100 valence electrons. The van der Waals surface area contributed by atoms with Gasteiger partial charge in [0.25, 0.3) is 0 Å². The Labute approximate surface area is 108 Å². The summed E-state index contributed by atoms with van der Waals surface area (Å²) in [5, 5.41) is 11.6. The van der Waals surface area contributed by atoms with Gasteiger partial charge in [0.15, 0.2) is 6.61 Å². The van der Waals surface area contributed by atoms with E-state index in [0.29, 0.717) is 5.56 Å². The van der Waals surface area contributed by atoms with Crippen LogP contribution in [0.5, 0.6) is 5.75 Å². The van der Waals surface area contributed by atoms with Crippen molar-refractivity contribution in [2.45, 2.75) is 18.9 Å². The van der Waals surface area contributed by atoms with Crippen LogP contribution in [0, 0.1) is 6.92 Å². The number of alkyl halides is 2. The molecule has 1 saturated heterocycles. The number of rotatable bonds is 1. The van der Waals surface area contributed by atoms with Crippen LogP contribution in [0.4, 0.5) is 13.6 Å². The number of nitrogens with one attached hydrogen (secondary N) is 1. The van der Waals surface area contributed by atoms with Crippen molar-refractivity contribution in [1.29, 1.82) is 0 Å². The number of amides is 1. The number of alkyl carbamates (subject to hydrolysis) is 1. The molecular weight excluding hydrogens is 268 g/mol. The first-order valence-corrected chi connectivity index (χ1v) is 5.01. The normalized spacial score (nSPS) is 21.5. The zero-order valence-electron chi connectivity index (χ0n) is 9.44. The van der Waals surface area contributed by atoms with Gasteiger partial charge in [-0.05, 0) is 13.0 Å². The Morgan fingerprint density at radius 2 is 2.17 bits per heavy atom. The van der Waals surface area contributed by atoms with Crippen LogP contribution in [0.25, 0.3) is 0 Å². The maximum absolute atomic E-state index is 13.6. The van der Waals surface area contributed by atoms with Crippen LogP contribution in [-0.2, 0) is 4.74 Å². The van der Waals surface area contributed by atoms with E-state index in [0.717, 1.165) is 0 Å². The minimum Gasteiger partial charge on any atom is -0.508 e. The van der Waals surface area contributed by atoms with Gasteiger partial charge in [-0.25, -0.2) is 13.6 Å². The monoisotopic (exact) mass is 279 g/mol. The van der Waals surface area contributed by atoms with Crippen molar-refractivity contribution in [1.82, 2.24) is 5.32 Å². The number of aromatic hydroxyl groups is 1. The highest BCUT2D eigenvalue weighted by Crippen LogP contribution is 2.38. The molecule has 1 aromatic rings. The summed E-state index contributed by atoms with van der Waals surface area (Å²) < 4.78 is 31.4. The van der Waals surface area contributed by atoms with E-state index in [2.05, 4.69) is 4.74 Å². The molecule has 1 aromatic carbocycles. The number of ether oxygens (including phenoxy) is 1. The number of cyclic esters (lactones) is 1. The first-order valence-electron chi connectivity index (χ1n) is 5.01. The Kier molecular flexibility index (Phi) is 4.01. The van der Waals surface area contributed by atoms with Gasteiger partial charge in [0.2, 0.25) is 0 Å². The third-order valence-corrected chi connectivity index (χ3v) is 2.57. The Bertz CT molecular complexity index is 468. The second-order valence-electron chi connectivity index (χ2n) is 3.98. The number of hydrogen-bond acceptors (Lipinski definition) is 3. The van der Waals surface area contributed by atoms with Gasteiger partial charge in [-0.1, -0.05) is 17.7 Å². The van der Waals surface area contributed by atoms with Crippen LogP contribution in [-0.4, -0.2) is 23.7 Å². The number of benzene rings is 1. The molecule has 1 aliphatic heterocycles. The van der Waals surface area contributed by atoms with Gasteiger partial charge in [0.1, 0.15) is 11.8 Å². The molecule has 0 radical (unpaired) electrons. The molecule has 0 aliphatic carbocycles. The lowest BCUT2D eigenvalue weighted by Crippen LogP contribution is -2.49. The predicted molar refractivity (Wildman–Crippen MR) is 62.3 cm³/mol. The number of phenolic OH excluding ortho intramolecular Hbond substituents is 1. The third kappa shape index (κ3) is 2.64. The Hall–Kier alpha value is -1.56. The highest BCUT2D eigenvalue weighted by molar-refractivity contribution is 5.85. The summed E-state index contributed by atoms with van der Waals surface area (Å²) in [5.74, 6) is -3.53. The molecule has 1 aliphatic rings. The molecule has 2 N–H and O–H groups in total. The molecule has 0 bridgehead atoms. The average molecular weight is 280 g/mol. The smallest absolute Gasteiger partial charge is 0.408 e. The molecule has 1 fully saturated rings. The summed E-state index contributed by atoms with van der Waals surface area (Å²) in [6.07, 6.45) is -0.915. The number of halogens is 3. The predicted octanol–water partition coefficient (Wildman–Crippen LogP) is 2.54. The average Bonchev–Trinajstić information content (AvgIpc) is 2.26. The summed E-state index contributed by atoms with van der Waals surface area (Å²) in [6, 6.07) is 2.77. The fourth-order valence-electron chi connectivity index (χ4n) is 1.72. The summed E-state index contributed by atoms with van der Waals surface area (Å²) in [7, 11) is 0. The fraction of sp³-hybridized carbons (Fsp3) is 0.364. The topological polar surface area (TPSA) is 58.6 Å². The lowest BCUT2D eigenvalue weighted by Gasteiger charge is -2.32. The van der Waals surface area contributed by atoms with Gasteiger partial charge in [0, 0.05) is 5.56 Å². The number of hydrogen-bond donors (Lipinski definition) is 2. The molecule has 2 rings (SSSR count). The van der Waals surface area contributed by atoms with Crippen molar-refractivity contribution in [3.05, 3.63) is 29.3 Å². The Balaban J connectivity index is 0.00000162. The molecule has 1 atom stereocenters. The Morgan fingerprint density at radius 1 is 1.50 bits per heavy atom. The number of aryl methyl sites for hydroxylation is 1. The van der Waals surface area contributed by atoms with Gasteiger partial charge < -0.3 is 15.2 Å². The van der Waals surface area contributed by atoms with E-state index < -0.39 is 24.7 Å². The van der Waals surface area contributed by atoms with Crippen molar-refractivity contribution >= 4 is 18.5 Å². The summed E-state index contributed by atoms with van der Waals surface area (Å²) >= 11 is 0.